The average Bonchev–Trinajstić information content (AvgIpc) is 2.82. The molecule has 0 aliphatic heterocycles. The van der Waals surface area contributed by atoms with Gasteiger partial charge in [-0.05, 0) is 43.9 Å². The molecule has 6 nitrogen and oxygen atoms in total. The van der Waals surface area contributed by atoms with E-state index in [1.807, 2.05) is 32.9 Å². The van der Waals surface area contributed by atoms with Crippen LogP contribution in [0.25, 0.3) is 6.08 Å². The Morgan fingerprint density at radius 2 is 2.08 bits per heavy atom. The molecule has 1 amide bonds. The number of nitrogens with zero attached hydrogens (tertiary/aromatic N) is 2. The second-order valence-electron chi connectivity index (χ2n) is 6.43. The lowest BCUT2D eigenvalue weighted by atomic mass is 10.1. The number of nitriles is 1. The summed E-state index contributed by atoms with van der Waals surface area (Å²) in [6.07, 6.45) is 2.32. The fourth-order valence-electron chi connectivity index (χ4n) is 2.44. The Kier molecular flexibility index (Phi) is 7.93. The maximum atomic E-state index is 12.0. The molecule has 1 heterocycles. The maximum absolute atomic E-state index is 12.0. The van der Waals surface area contributed by atoms with Crippen molar-refractivity contribution in [3.05, 3.63) is 28.6 Å². The smallest absolute Gasteiger partial charge is 0.349 e. The highest BCUT2D eigenvalue weighted by Gasteiger charge is 2.15. The van der Waals surface area contributed by atoms with Gasteiger partial charge in [0.1, 0.15) is 11.6 Å². The summed E-state index contributed by atoms with van der Waals surface area (Å²) in [6.45, 7) is 11.2. The summed E-state index contributed by atoms with van der Waals surface area (Å²) in [6, 6.07) is 3.80. The Morgan fingerprint density at radius 1 is 1.40 bits per heavy atom. The number of rotatable bonds is 8. The van der Waals surface area contributed by atoms with Gasteiger partial charge in [-0.2, -0.15) is 5.26 Å². The van der Waals surface area contributed by atoms with Crippen LogP contribution in [0.2, 0.25) is 0 Å². The second kappa shape index (κ2) is 9.67. The Hall–Kier alpha value is -2.55. The highest BCUT2D eigenvalue weighted by Crippen LogP contribution is 2.20. The van der Waals surface area contributed by atoms with E-state index in [0.29, 0.717) is 12.5 Å². The number of hydrogen-bond donors (Lipinski definition) is 1. The van der Waals surface area contributed by atoms with Crippen LogP contribution >= 0.6 is 0 Å². The quantitative estimate of drug-likeness (QED) is 0.446. The van der Waals surface area contributed by atoms with Crippen LogP contribution in [0.4, 0.5) is 0 Å². The monoisotopic (exact) mass is 345 g/mol. The molecule has 0 aliphatic carbocycles. The zero-order valence-corrected chi connectivity index (χ0v) is 15.7. The van der Waals surface area contributed by atoms with E-state index in [4.69, 9.17) is 4.74 Å². The highest BCUT2D eigenvalue weighted by molar-refractivity contribution is 5.99. The first-order valence-corrected chi connectivity index (χ1v) is 8.52. The van der Waals surface area contributed by atoms with Crippen LogP contribution in [0.5, 0.6) is 0 Å². The van der Waals surface area contributed by atoms with E-state index in [0.717, 1.165) is 29.9 Å². The molecule has 0 unspecified atom stereocenters. The van der Waals surface area contributed by atoms with Gasteiger partial charge in [0.05, 0.1) is 0 Å². The lowest BCUT2D eigenvalue weighted by molar-refractivity contribution is -0.144. The van der Waals surface area contributed by atoms with Crippen molar-refractivity contribution < 1.29 is 14.3 Å². The van der Waals surface area contributed by atoms with Gasteiger partial charge >= 0.3 is 5.97 Å². The van der Waals surface area contributed by atoms with E-state index < -0.39 is 5.97 Å². The molecule has 0 radical (unpaired) electrons. The summed E-state index contributed by atoms with van der Waals surface area (Å²) in [5.74, 6) is -0.672. The average molecular weight is 345 g/mol. The maximum Gasteiger partial charge on any atom is 0.349 e. The first-order valence-electron chi connectivity index (χ1n) is 8.52. The first-order chi connectivity index (χ1) is 11.8. The summed E-state index contributed by atoms with van der Waals surface area (Å²) >= 11 is 0. The van der Waals surface area contributed by atoms with Crippen LogP contribution in [0.3, 0.4) is 0 Å². The lowest BCUT2D eigenvalue weighted by Gasteiger charge is -2.12. The lowest BCUT2D eigenvalue weighted by Crippen LogP contribution is -2.29. The van der Waals surface area contributed by atoms with Gasteiger partial charge in [0.2, 0.25) is 0 Å². The Morgan fingerprint density at radius 3 is 2.64 bits per heavy atom. The predicted molar refractivity (Wildman–Crippen MR) is 96.6 cm³/mol. The molecule has 0 fully saturated rings. The number of nitrogens with one attached hydrogen (secondary N) is 1. The van der Waals surface area contributed by atoms with E-state index in [1.165, 1.54) is 6.08 Å². The molecule has 0 spiro atoms. The topological polar surface area (TPSA) is 84.1 Å². The van der Waals surface area contributed by atoms with Gasteiger partial charge in [0, 0.05) is 24.5 Å². The number of amides is 1. The normalized spacial score (nSPS) is 11.3. The standard InChI is InChI=1S/C19H27N3O3/c1-6-7-21-18(23)12-25-19(24)17(10-20)9-16-8-14(4)22(15(16)5)11-13(2)3/h8-9,13H,6-7,11-12H2,1-5H3,(H,21,23)/b17-9+. The number of ether oxygens (including phenoxy) is 1. The summed E-state index contributed by atoms with van der Waals surface area (Å²) in [4.78, 5) is 23.5. The summed E-state index contributed by atoms with van der Waals surface area (Å²) < 4.78 is 7.08. The molecule has 0 aromatic carbocycles. The van der Waals surface area contributed by atoms with E-state index >= 15 is 0 Å². The van der Waals surface area contributed by atoms with Gasteiger partial charge in [0.25, 0.3) is 5.91 Å². The summed E-state index contributed by atoms with van der Waals surface area (Å²) in [5.41, 5.74) is 2.75. The Bertz CT molecular complexity index is 694. The van der Waals surface area contributed by atoms with E-state index in [2.05, 4.69) is 23.7 Å². The van der Waals surface area contributed by atoms with Gasteiger partial charge in [0.15, 0.2) is 6.61 Å². The Balaban J connectivity index is 2.87. The van der Waals surface area contributed by atoms with Gasteiger partial charge in [-0.3, -0.25) is 4.79 Å². The molecule has 1 rings (SSSR count). The number of aryl methyl sites for hydroxylation is 1. The molecule has 0 saturated carbocycles. The third-order valence-electron chi connectivity index (χ3n) is 3.71. The SMILES string of the molecule is CCCNC(=O)COC(=O)/C(C#N)=C/c1cc(C)n(CC(C)C)c1C. The largest absolute Gasteiger partial charge is 0.451 e. The minimum absolute atomic E-state index is 0.118. The molecule has 0 atom stereocenters. The molecular formula is C19H27N3O3. The third-order valence-corrected chi connectivity index (χ3v) is 3.71. The minimum Gasteiger partial charge on any atom is -0.451 e. The van der Waals surface area contributed by atoms with Gasteiger partial charge < -0.3 is 14.6 Å². The van der Waals surface area contributed by atoms with E-state index in [-0.39, 0.29) is 18.1 Å². The van der Waals surface area contributed by atoms with Crippen molar-refractivity contribution in [2.24, 2.45) is 5.92 Å². The number of esters is 1. The molecule has 136 valence electrons. The van der Waals surface area contributed by atoms with Crippen molar-refractivity contribution in [1.82, 2.24) is 9.88 Å². The first kappa shape index (κ1) is 20.5. The van der Waals surface area contributed by atoms with Crippen molar-refractivity contribution in [3.63, 3.8) is 0 Å². The molecule has 0 aliphatic rings. The molecule has 0 saturated heterocycles. The van der Waals surface area contributed by atoms with Gasteiger partial charge in [-0.25, -0.2) is 4.79 Å². The van der Waals surface area contributed by atoms with Crippen molar-refractivity contribution in [1.29, 1.82) is 5.26 Å². The molecule has 1 aromatic heterocycles. The van der Waals surface area contributed by atoms with Crippen molar-refractivity contribution in [3.8, 4) is 6.07 Å². The number of carbonyl (C=O) groups is 2. The second-order valence-corrected chi connectivity index (χ2v) is 6.43. The van der Waals surface area contributed by atoms with Crippen molar-refractivity contribution >= 4 is 18.0 Å². The summed E-state index contributed by atoms with van der Waals surface area (Å²) in [5, 5.41) is 11.9. The number of hydrogen-bond acceptors (Lipinski definition) is 4. The van der Waals surface area contributed by atoms with Crippen molar-refractivity contribution in [2.45, 2.75) is 47.6 Å². The van der Waals surface area contributed by atoms with Crippen LogP contribution in [-0.2, 0) is 20.9 Å². The van der Waals surface area contributed by atoms with Crippen LogP contribution in [0.1, 0.15) is 44.1 Å². The molecular weight excluding hydrogens is 318 g/mol. The molecule has 25 heavy (non-hydrogen) atoms. The fourth-order valence-corrected chi connectivity index (χ4v) is 2.44. The minimum atomic E-state index is -0.789. The van der Waals surface area contributed by atoms with Gasteiger partial charge in [-0.1, -0.05) is 20.8 Å². The molecule has 1 N–H and O–H groups in total. The highest BCUT2D eigenvalue weighted by atomic mass is 16.5. The van der Waals surface area contributed by atoms with Crippen LogP contribution in [0, 0.1) is 31.1 Å². The fraction of sp³-hybridized carbons (Fsp3) is 0.526. The number of aromatic nitrogens is 1. The number of carbonyl (C=O) groups excluding carboxylic acids is 2. The third kappa shape index (κ3) is 6.11. The van der Waals surface area contributed by atoms with Crippen LogP contribution in [-0.4, -0.2) is 29.6 Å². The summed E-state index contributed by atoms with van der Waals surface area (Å²) in [7, 11) is 0. The zero-order valence-electron chi connectivity index (χ0n) is 15.7. The zero-order chi connectivity index (χ0) is 19.0. The predicted octanol–water partition coefficient (Wildman–Crippen LogP) is 2.74. The van der Waals surface area contributed by atoms with E-state index in [9.17, 15) is 14.9 Å². The molecule has 0 bridgehead atoms. The Labute approximate surface area is 149 Å². The molecule has 1 aromatic rings. The van der Waals surface area contributed by atoms with Crippen LogP contribution in [0.15, 0.2) is 11.6 Å². The van der Waals surface area contributed by atoms with Gasteiger partial charge in [-0.15, -0.1) is 0 Å². The molecule has 6 heteroatoms. The van der Waals surface area contributed by atoms with E-state index in [1.54, 1.807) is 0 Å². The van der Waals surface area contributed by atoms with Crippen molar-refractivity contribution in [2.75, 3.05) is 13.2 Å². The van der Waals surface area contributed by atoms with Crippen LogP contribution < -0.4 is 5.32 Å².